The molecule has 0 aliphatic carbocycles. The van der Waals surface area contributed by atoms with Crippen molar-refractivity contribution in [1.29, 1.82) is 0 Å². The maximum atomic E-state index is 5.96. The lowest BCUT2D eigenvalue weighted by atomic mass is 9.82. The minimum absolute atomic E-state index is 0.478. The van der Waals surface area contributed by atoms with Gasteiger partial charge < -0.3 is 9.47 Å². The fourth-order valence-electron chi connectivity index (χ4n) is 3.46. The van der Waals surface area contributed by atoms with E-state index in [2.05, 4.69) is 20.8 Å². The van der Waals surface area contributed by atoms with E-state index in [1.54, 1.807) is 0 Å². The zero-order valence-corrected chi connectivity index (χ0v) is 12.4. The molecule has 2 aliphatic rings. The first-order chi connectivity index (χ1) is 8.66. The maximum absolute atomic E-state index is 5.96. The molecule has 2 fully saturated rings. The molecule has 18 heavy (non-hydrogen) atoms. The lowest BCUT2D eigenvalue weighted by Crippen LogP contribution is -2.33. The predicted octanol–water partition coefficient (Wildman–Crippen LogP) is 4.03. The Labute approximate surface area is 112 Å². The second kappa shape index (κ2) is 6.91. The van der Waals surface area contributed by atoms with E-state index in [4.69, 9.17) is 9.47 Å². The average molecular weight is 254 g/mol. The third kappa shape index (κ3) is 3.96. The quantitative estimate of drug-likeness (QED) is 0.754. The van der Waals surface area contributed by atoms with Crippen LogP contribution in [0.25, 0.3) is 0 Å². The Hall–Kier alpha value is -0.0800. The van der Waals surface area contributed by atoms with Crippen molar-refractivity contribution >= 4 is 0 Å². The molecule has 0 aromatic rings. The van der Waals surface area contributed by atoms with Crippen molar-refractivity contribution in [2.75, 3.05) is 13.2 Å². The van der Waals surface area contributed by atoms with Gasteiger partial charge in [0.1, 0.15) is 0 Å². The lowest BCUT2D eigenvalue weighted by Gasteiger charge is -2.35. The highest BCUT2D eigenvalue weighted by Gasteiger charge is 2.29. The van der Waals surface area contributed by atoms with Crippen LogP contribution in [0.3, 0.4) is 0 Å². The summed E-state index contributed by atoms with van der Waals surface area (Å²) < 4.78 is 11.9. The van der Waals surface area contributed by atoms with Crippen LogP contribution in [0.2, 0.25) is 0 Å². The first-order valence-corrected chi connectivity index (χ1v) is 7.90. The van der Waals surface area contributed by atoms with Crippen molar-refractivity contribution in [1.82, 2.24) is 0 Å². The zero-order valence-electron chi connectivity index (χ0n) is 12.4. The summed E-state index contributed by atoms with van der Waals surface area (Å²) in [6.45, 7) is 8.97. The van der Waals surface area contributed by atoms with Gasteiger partial charge in [0.15, 0.2) is 0 Å². The second-order valence-electron chi connectivity index (χ2n) is 6.64. The van der Waals surface area contributed by atoms with Crippen molar-refractivity contribution in [3.63, 3.8) is 0 Å². The third-order valence-electron chi connectivity index (χ3n) is 4.83. The van der Waals surface area contributed by atoms with Crippen LogP contribution < -0.4 is 0 Å². The van der Waals surface area contributed by atoms with Crippen molar-refractivity contribution < 1.29 is 9.47 Å². The van der Waals surface area contributed by atoms with Crippen LogP contribution in [-0.4, -0.2) is 25.4 Å². The minimum Gasteiger partial charge on any atom is -0.378 e. The van der Waals surface area contributed by atoms with Gasteiger partial charge >= 0.3 is 0 Å². The van der Waals surface area contributed by atoms with Crippen LogP contribution in [0.1, 0.15) is 59.3 Å². The number of rotatable bonds is 4. The topological polar surface area (TPSA) is 18.5 Å². The molecule has 2 heteroatoms. The number of hydrogen-bond donors (Lipinski definition) is 0. The summed E-state index contributed by atoms with van der Waals surface area (Å²) in [6, 6.07) is 0. The van der Waals surface area contributed by atoms with Gasteiger partial charge in [0.25, 0.3) is 0 Å². The Morgan fingerprint density at radius 1 is 1.00 bits per heavy atom. The second-order valence-corrected chi connectivity index (χ2v) is 6.64. The van der Waals surface area contributed by atoms with Crippen LogP contribution >= 0.6 is 0 Å². The molecule has 2 saturated heterocycles. The monoisotopic (exact) mass is 254 g/mol. The fourth-order valence-corrected chi connectivity index (χ4v) is 3.46. The molecule has 0 amide bonds. The van der Waals surface area contributed by atoms with Gasteiger partial charge in [-0.05, 0) is 56.3 Å². The molecular formula is C16H30O2. The van der Waals surface area contributed by atoms with E-state index in [1.807, 2.05) is 0 Å². The van der Waals surface area contributed by atoms with Crippen molar-refractivity contribution in [3.8, 4) is 0 Å². The van der Waals surface area contributed by atoms with Crippen molar-refractivity contribution in [3.05, 3.63) is 0 Å². The van der Waals surface area contributed by atoms with Crippen molar-refractivity contribution in [2.45, 2.75) is 71.5 Å². The third-order valence-corrected chi connectivity index (χ3v) is 4.83. The summed E-state index contributed by atoms with van der Waals surface area (Å²) in [4.78, 5) is 0. The van der Waals surface area contributed by atoms with Crippen LogP contribution in [0, 0.1) is 17.8 Å². The molecule has 0 N–H and O–H groups in total. The number of ether oxygens (including phenoxy) is 2. The van der Waals surface area contributed by atoms with Gasteiger partial charge in [-0.3, -0.25) is 0 Å². The normalized spacial score (nSPS) is 35.7. The van der Waals surface area contributed by atoms with E-state index in [0.717, 1.165) is 25.0 Å². The first-order valence-electron chi connectivity index (χ1n) is 7.90. The van der Waals surface area contributed by atoms with Gasteiger partial charge in [0.05, 0.1) is 12.2 Å². The highest BCUT2D eigenvalue weighted by molar-refractivity contribution is 4.79. The Kier molecular flexibility index (Phi) is 5.50. The average Bonchev–Trinajstić information content (AvgIpc) is 2.40. The van der Waals surface area contributed by atoms with E-state index in [0.29, 0.717) is 18.1 Å². The maximum Gasteiger partial charge on any atom is 0.0601 e. The minimum atomic E-state index is 0.478. The smallest absolute Gasteiger partial charge is 0.0601 e. The molecule has 2 nitrogen and oxygen atoms in total. The molecule has 0 radical (unpaired) electrons. The summed E-state index contributed by atoms with van der Waals surface area (Å²) in [7, 11) is 0. The fraction of sp³-hybridized carbons (Fsp3) is 1.00. The SMILES string of the molecule is CC(C)C1CCOC(CC(C)C2CCCCO2)C1. The summed E-state index contributed by atoms with van der Waals surface area (Å²) in [5.41, 5.74) is 0. The largest absolute Gasteiger partial charge is 0.378 e. The Balaban J connectivity index is 1.77. The molecule has 4 atom stereocenters. The lowest BCUT2D eigenvalue weighted by molar-refractivity contribution is -0.0621. The van der Waals surface area contributed by atoms with E-state index < -0.39 is 0 Å². The molecule has 0 aromatic carbocycles. The van der Waals surface area contributed by atoms with Gasteiger partial charge in [-0.25, -0.2) is 0 Å². The number of hydrogen-bond acceptors (Lipinski definition) is 2. The summed E-state index contributed by atoms with van der Waals surface area (Å²) in [6.07, 6.45) is 8.51. The first kappa shape index (κ1) is 14.3. The van der Waals surface area contributed by atoms with E-state index >= 15 is 0 Å². The molecule has 2 heterocycles. The van der Waals surface area contributed by atoms with Gasteiger partial charge in [-0.2, -0.15) is 0 Å². The summed E-state index contributed by atoms with van der Waals surface area (Å²) in [5.74, 6) is 2.32. The molecule has 106 valence electrons. The molecule has 0 aromatic heterocycles. The highest BCUT2D eigenvalue weighted by Crippen LogP contribution is 2.32. The molecule has 0 bridgehead atoms. The van der Waals surface area contributed by atoms with Gasteiger partial charge in [-0.15, -0.1) is 0 Å². The van der Waals surface area contributed by atoms with Crippen LogP contribution in [0.5, 0.6) is 0 Å². The van der Waals surface area contributed by atoms with Crippen molar-refractivity contribution in [2.24, 2.45) is 17.8 Å². The molecule has 0 spiro atoms. The molecule has 0 saturated carbocycles. The van der Waals surface area contributed by atoms with Gasteiger partial charge in [0, 0.05) is 13.2 Å². The zero-order chi connectivity index (χ0) is 13.0. The molecule has 4 unspecified atom stereocenters. The highest BCUT2D eigenvalue weighted by atomic mass is 16.5. The van der Waals surface area contributed by atoms with E-state index in [9.17, 15) is 0 Å². The predicted molar refractivity (Wildman–Crippen MR) is 74.7 cm³/mol. The van der Waals surface area contributed by atoms with Crippen LogP contribution in [-0.2, 0) is 9.47 Å². The van der Waals surface area contributed by atoms with Crippen LogP contribution in [0.15, 0.2) is 0 Å². The molecular weight excluding hydrogens is 224 g/mol. The molecule has 2 rings (SSSR count). The van der Waals surface area contributed by atoms with E-state index in [1.165, 1.54) is 38.5 Å². The summed E-state index contributed by atoms with van der Waals surface area (Å²) >= 11 is 0. The van der Waals surface area contributed by atoms with Gasteiger partial charge in [0.2, 0.25) is 0 Å². The standard InChI is InChI=1S/C16H30O2/c1-12(2)14-7-9-17-15(11-14)10-13(3)16-6-4-5-8-18-16/h12-16H,4-11H2,1-3H3. The Bertz CT molecular complexity index is 233. The Morgan fingerprint density at radius 3 is 2.50 bits per heavy atom. The molecule has 2 aliphatic heterocycles. The Morgan fingerprint density at radius 2 is 1.83 bits per heavy atom. The van der Waals surface area contributed by atoms with E-state index in [-0.39, 0.29) is 0 Å². The van der Waals surface area contributed by atoms with Gasteiger partial charge in [-0.1, -0.05) is 20.8 Å². The van der Waals surface area contributed by atoms with Crippen LogP contribution in [0.4, 0.5) is 0 Å². The summed E-state index contributed by atoms with van der Waals surface area (Å²) in [5, 5.41) is 0.